The van der Waals surface area contributed by atoms with Gasteiger partial charge >= 0.3 is 0 Å². The third-order valence-electron chi connectivity index (χ3n) is 5.31. The summed E-state index contributed by atoms with van der Waals surface area (Å²) < 4.78 is 23.5. The molecule has 27 heavy (non-hydrogen) atoms. The second-order valence-corrected chi connectivity index (χ2v) is 9.76. The van der Waals surface area contributed by atoms with E-state index in [4.69, 9.17) is 0 Å². The molecule has 0 bridgehead atoms. The van der Waals surface area contributed by atoms with Gasteiger partial charge in [0.2, 0.25) is 5.91 Å². The number of amides is 2. The van der Waals surface area contributed by atoms with Crippen LogP contribution in [0.5, 0.6) is 0 Å². The normalized spacial score (nSPS) is 16.1. The second-order valence-electron chi connectivity index (χ2n) is 7.36. The van der Waals surface area contributed by atoms with Gasteiger partial charge in [0.15, 0.2) is 9.84 Å². The summed E-state index contributed by atoms with van der Waals surface area (Å²) in [7, 11) is -1.52. The molecule has 150 valence electrons. The first kappa shape index (κ1) is 21.4. The van der Waals surface area contributed by atoms with E-state index in [2.05, 4.69) is 5.32 Å². The summed E-state index contributed by atoms with van der Waals surface area (Å²) in [4.78, 5) is 26.1. The van der Waals surface area contributed by atoms with Crippen molar-refractivity contribution in [2.75, 3.05) is 18.6 Å². The van der Waals surface area contributed by atoms with Crippen molar-refractivity contribution >= 4 is 21.7 Å². The van der Waals surface area contributed by atoms with Crippen molar-refractivity contribution < 1.29 is 18.0 Å². The van der Waals surface area contributed by atoms with E-state index in [1.54, 1.807) is 33.0 Å². The highest BCUT2D eigenvalue weighted by molar-refractivity contribution is 7.91. The first-order chi connectivity index (χ1) is 12.7. The number of rotatable bonds is 8. The van der Waals surface area contributed by atoms with E-state index in [0.717, 1.165) is 31.2 Å². The molecule has 0 saturated heterocycles. The number of carbonyl (C=O) groups is 2. The van der Waals surface area contributed by atoms with Gasteiger partial charge in [-0.2, -0.15) is 0 Å². The molecular formula is C20H30N2O4S. The van der Waals surface area contributed by atoms with Gasteiger partial charge in [-0.3, -0.25) is 9.59 Å². The van der Waals surface area contributed by atoms with E-state index in [1.807, 2.05) is 12.1 Å². The van der Waals surface area contributed by atoms with Crippen LogP contribution in [-0.4, -0.2) is 49.7 Å². The first-order valence-corrected chi connectivity index (χ1v) is 11.4. The van der Waals surface area contributed by atoms with Gasteiger partial charge in [0.1, 0.15) is 0 Å². The molecule has 0 aromatic heterocycles. The Morgan fingerprint density at radius 3 is 2.33 bits per heavy atom. The molecule has 0 radical (unpaired) electrons. The molecule has 1 aliphatic carbocycles. The number of benzene rings is 1. The zero-order valence-electron chi connectivity index (χ0n) is 16.4. The van der Waals surface area contributed by atoms with Crippen LogP contribution in [0.4, 0.5) is 0 Å². The van der Waals surface area contributed by atoms with Crippen LogP contribution >= 0.6 is 0 Å². The van der Waals surface area contributed by atoms with Crippen LogP contribution in [-0.2, 0) is 21.2 Å². The molecule has 2 amide bonds. The number of hydrogen-bond acceptors (Lipinski definition) is 4. The highest BCUT2D eigenvalue weighted by atomic mass is 32.2. The Kier molecular flexibility index (Phi) is 7.41. The molecule has 2 rings (SSSR count). The molecule has 0 heterocycles. The summed E-state index contributed by atoms with van der Waals surface area (Å²) in [5, 5.41) is 2.96. The molecule has 1 aliphatic rings. The van der Waals surface area contributed by atoms with Gasteiger partial charge in [-0.05, 0) is 37.5 Å². The minimum atomic E-state index is -3.14. The predicted octanol–water partition coefficient (Wildman–Crippen LogP) is 2.39. The fourth-order valence-electron chi connectivity index (χ4n) is 3.29. The highest BCUT2D eigenvalue weighted by Gasteiger charge is 2.23. The topological polar surface area (TPSA) is 83.6 Å². The van der Waals surface area contributed by atoms with E-state index in [-0.39, 0.29) is 29.2 Å². The van der Waals surface area contributed by atoms with Crippen LogP contribution < -0.4 is 5.32 Å². The molecule has 1 aromatic rings. The summed E-state index contributed by atoms with van der Waals surface area (Å²) in [5.41, 5.74) is 1.44. The molecule has 1 fully saturated rings. The van der Waals surface area contributed by atoms with Gasteiger partial charge in [-0.25, -0.2) is 8.42 Å². The van der Waals surface area contributed by atoms with Crippen LogP contribution in [0.2, 0.25) is 0 Å². The Balaban J connectivity index is 1.91. The lowest BCUT2D eigenvalue weighted by Gasteiger charge is -2.25. The van der Waals surface area contributed by atoms with Crippen LogP contribution in [0, 0.1) is 5.92 Å². The SMILES string of the molecule is CCS(=O)(=O)CC(C)N(C)C(=O)c1ccc(CNC(=O)C2CCCC2)cc1. The van der Waals surface area contributed by atoms with Crippen molar-refractivity contribution in [2.24, 2.45) is 5.92 Å². The minimum absolute atomic E-state index is 0.0446. The lowest BCUT2D eigenvalue weighted by molar-refractivity contribution is -0.124. The van der Waals surface area contributed by atoms with Crippen LogP contribution in [0.25, 0.3) is 0 Å². The van der Waals surface area contributed by atoms with Crippen molar-refractivity contribution in [3.63, 3.8) is 0 Å². The average Bonchev–Trinajstić information content (AvgIpc) is 3.20. The molecule has 1 unspecified atom stereocenters. The van der Waals surface area contributed by atoms with Crippen molar-refractivity contribution in [1.29, 1.82) is 0 Å². The second kappa shape index (κ2) is 9.35. The van der Waals surface area contributed by atoms with E-state index in [1.165, 1.54) is 4.90 Å². The van der Waals surface area contributed by atoms with Crippen molar-refractivity contribution in [2.45, 2.75) is 52.1 Å². The maximum absolute atomic E-state index is 12.6. The van der Waals surface area contributed by atoms with Gasteiger partial charge in [-0.15, -0.1) is 0 Å². The Labute approximate surface area is 162 Å². The quantitative estimate of drug-likeness (QED) is 0.734. The number of hydrogen-bond donors (Lipinski definition) is 1. The van der Waals surface area contributed by atoms with Gasteiger partial charge in [0.05, 0.1) is 5.75 Å². The highest BCUT2D eigenvalue weighted by Crippen LogP contribution is 2.24. The summed E-state index contributed by atoms with van der Waals surface area (Å²) in [6.45, 7) is 3.79. The maximum atomic E-state index is 12.6. The number of carbonyl (C=O) groups excluding carboxylic acids is 2. The molecule has 1 saturated carbocycles. The van der Waals surface area contributed by atoms with Gasteiger partial charge in [0.25, 0.3) is 5.91 Å². The van der Waals surface area contributed by atoms with Gasteiger partial charge in [-0.1, -0.05) is 31.9 Å². The standard InChI is InChI=1S/C20H30N2O4S/c1-4-27(25,26)14-15(2)22(3)20(24)18-11-9-16(10-12-18)13-21-19(23)17-7-5-6-8-17/h9-12,15,17H,4-8,13-14H2,1-3H3,(H,21,23). The summed E-state index contributed by atoms with van der Waals surface area (Å²) in [6.07, 6.45) is 4.19. The van der Waals surface area contributed by atoms with Crippen LogP contribution in [0.15, 0.2) is 24.3 Å². The van der Waals surface area contributed by atoms with E-state index in [9.17, 15) is 18.0 Å². The van der Waals surface area contributed by atoms with Crippen LogP contribution in [0.3, 0.4) is 0 Å². The molecule has 1 aromatic carbocycles. The van der Waals surface area contributed by atoms with Crippen LogP contribution in [0.1, 0.15) is 55.5 Å². The van der Waals surface area contributed by atoms with Gasteiger partial charge in [0, 0.05) is 36.9 Å². The lowest BCUT2D eigenvalue weighted by Crippen LogP contribution is -2.39. The average molecular weight is 395 g/mol. The number of nitrogens with zero attached hydrogens (tertiary/aromatic N) is 1. The Morgan fingerprint density at radius 2 is 1.78 bits per heavy atom. The lowest BCUT2D eigenvalue weighted by atomic mass is 10.1. The predicted molar refractivity (Wildman–Crippen MR) is 106 cm³/mol. The molecule has 0 spiro atoms. The van der Waals surface area contributed by atoms with Crippen molar-refractivity contribution in [3.8, 4) is 0 Å². The monoisotopic (exact) mass is 394 g/mol. The fourth-order valence-corrected chi connectivity index (χ4v) is 4.48. The molecule has 1 N–H and O–H groups in total. The molecular weight excluding hydrogens is 364 g/mol. The molecule has 6 nitrogen and oxygen atoms in total. The summed E-state index contributed by atoms with van der Waals surface area (Å²) in [6, 6.07) is 6.69. The Hall–Kier alpha value is -1.89. The Morgan fingerprint density at radius 1 is 1.19 bits per heavy atom. The maximum Gasteiger partial charge on any atom is 0.253 e. The molecule has 7 heteroatoms. The zero-order chi connectivity index (χ0) is 20.0. The van der Waals surface area contributed by atoms with E-state index < -0.39 is 15.9 Å². The number of sulfone groups is 1. The minimum Gasteiger partial charge on any atom is -0.352 e. The third kappa shape index (κ3) is 6.06. The largest absolute Gasteiger partial charge is 0.352 e. The van der Waals surface area contributed by atoms with E-state index >= 15 is 0 Å². The van der Waals surface area contributed by atoms with Crippen molar-refractivity contribution in [1.82, 2.24) is 10.2 Å². The Bertz CT molecular complexity index is 753. The summed E-state index contributed by atoms with van der Waals surface area (Å²) >= 11 is 0. The molecule has 0 aliphatic heterocycles. The summed E-state index contributed by atoms with van der Waals surface area (Å²) in [5.74, 6) is 0.0616. The zero-order valence-corrected chi connectivity index (χ0v) is 17.2. The van der Waals surface area contributed by atoms with Crippen molar-refractivity contribution in [3.05, 3.63) is 35.4 Å². The molecule has 1 atom stereocenters. The number of nitrogens with one attached hydrogen (secondary N) is 1. The third-order valence-corrected chi connectivity index (χ3v) is 7.18. The first-order valence-electron chi connectivity index (χ1n) is 9.57. The fraction of sp³-hybridized carbons (Fsp3) is 0.600. The van der Waals surface area contributed by atoms with E-state index in [0.29, 0.717) is 12.1 Å². The van der Waals surface area contributed by atoms with Gasteiger partial charge < -0.3 is 10.2 Å². The smallest absolute Gasteiger partial charge is 0.253 e.